The maximum atomic E-state index is 12.0. The molecule has 8 rings (SSSR count). The Bertz CT molecular complexity index is 1700. The monoisotopic (exact) mass is 712 g/mol. The number of carbonyl (C=O) groups is 1. The number of nitrogens with one attached hydrogen (secondary N) is 2. The molecule has 260 valence electrons. The van der Waals surface area contributed by atoms with E-state index in [9.17, 15) is 4.79 Å². The summed E-state index contributed by atoms with van der Waals surface area (Å²) in [5, 5.41) is 8.98. The lowest BCUT2D eigenvalue weighted by Gasteiger charge is -2.26. The van der Waals surface area contributed by atoms with E-state index in [2.05, 4.69) is 54.6 Å². The highest BCUT2D eigenvalue weighted by atomic mass is 35.5. The number of ether oxygens (including phenoxy) is 1. The molecule has 4 aliphatic carbocycles. The summed E-state index contributed by atoms with van der Waals surface area (Å²) in [5.74, 6) is 2.51. The van der Waals surface area contributed by atoms with E-state index < -0.39 is 5.60 Å². The molecule has 0 aromatic carbocycles. The lowest BCUT2D eigenvalue weighted by atomic mass is 10.2. The molecule has 4 atom stereocenters. The number of thiophene rings is 2. The average Bonchev–Trinajstić information content (AvgIpc) is 3.87. The van der Waals surface area contributed by atoms with Gasteiger partial charge in [0.05, 0.1) is 5.39 Å². The predicted molar refractivity (Wildman–Crippen MR) is 198 cm³/mol. The van der Waals surface area contributed by atoms with Crippen LogP contribution in [-0.2, 0) is 4.74 Å². The van der Waals surface area contributed by atoms with Gasteiger partial charge in [-0.15, -0.1) is 22.7 Å². The number of hydrogen-bond donors (Lipinski definition) is 3. The SMILES string of the molecule is CN(c1ncnc2sc(C3CC3)cc12)[C@@H]1CC[C@H](NC(=O)OC(C)(C)C)C1.CN[C@@H]1CC[C@H](N)C1.Clc1ncnc2sc(C3CC3)cc12. The minimum atomic E-state index is -0.469. The molecule has 0 unspecified atom stereocenters. The van der Waals surface area contributed by atoms with Crippen molar-refractivity contribution in [2.75, 3.05) is 19.0 Å². The molecule has 4 fully saturated rings. The van der Waals surface area contributed by atoms with E-state index in [0.717, 1.165) is 63.8 Å². The number of hydrogen-bond acceptors (Lipinski definition) is 11. The van der Waals surface area contributed by atoms with Gasteiger partial charge < -0.3 is 26.0 Å². The number of anilines is 1. The first-order valence-electron chi connectivity index (χ1n) is 17.3. The zero-order chi connectivity index (χ0) is 34.0. The van der Waals surface area contributed by atoms with Gasteiger partial charge in [0.2, 0.25) is 0 Å². The quantitative estimate of drug-likeness (QED) is 0.172. The minimum Gasteiger partial charge on any atom is -0.444 e. The molecule has 0 bridgehead atoms. The van der Waals surface area contributed by atoms with Crippen LogP contribution >= 0.6 is 34.3 Å². The zero-order valence-corrected chi connectivity index (χ0v) is 31.1. The van der Waals surface area contributed by atoms with Crippen LogP contribution in [0.5, 0.6) is 0 Å². The molecule has 4 N–H and O–H groups in total. The fraction of sp³-hybridized carbons (Fsp3) is 0.629. The maximum Gasteiger partial charge on any atom is 0.407 e. The molecule has 0 radical (unpaired) electrons. The summed E-state index contributed by atoms with van der Waals surface area (Å²) in [7, 11) is 4.11. The van der Waals surface area contributed by atoms with Crippen molar-refractivity contribution in [1.82, 2.24) is 30.6 Å². The molecule has 10 nitrogen and oxygen atoms in total. The van der Waals surface area contributed by atoms with E-state index in [1.54, 1.807) is 29.0 Å². The average molecular weight is 713 g/mol. The van der Waals surface area contributed by atoms with Gasteiger partial charge in [-0.3, -0.25) is 0 Å². The van der Waals surface area contributed by atoms with Crippen molar-refractivity contribution in [1.29, 1.82) is 0 Å². The molecule has 4 heterocycles. The van der Waals surface area contributed by atoms with Gasteiger partial charge in [-0.05, 0) is 116 Å². The highest BCUT2D eigenvalue weighted by Crippen LogP contribution is 2.46. The van der Waals surface area contributed by atoms with E-state index in [1.165, 1.54) is 54.6 Å². The van der Waals surface area contributed by atoms with Crippen LogP contribution in [0.25, 0.3) is 20.4 Å². The van der Waals surface area contributed by atoms with Gasteiger partial charge in [0.25, 0.3) is 0 Å². The first-order chi connectivity index (χ1) is 23.0. The largest absolute Gasteiger partial charge is 0.444 e. The summed E-state index contributed by atoms with van der Waals surface area (Å²) in [6.07, 6.45) is 14.6. The molecule has 1 amide bonds. The third-order valence-electron chi connectivity index (χ3n) is 9.48. The third kappa shape index (κ3) is 9.12. The molecule has 13 heteroatoms. The van der Waals surface area contributed by atoms with E-state index >= 15 is 0 Å². The van der Waals surface area contributed by atoms with Crippen molar-refractivity contribution < 1.29 is 9.53 Å². The molecular formula is C35H49ClN8O2S2. The van der Waals surface area contributed by atoms with Crippen LogP contribution in [-0.4, -0.2) is 69.9 Å². The number of nitrogens with two attached hydrogens (primary N) is 1. The van der Waals surface area contributed by atoms with Crippen molar-refractivity contribution in [3.63, 3.8) is 0 Å². The smallest absolute Gasteiger partial charge is 0.407 e. The Labute approximate surface area is 296 Å². The van der Waals surface area contributed by atoms with Crippen LogP contribution in [0, 0.1) is 0 Å². The molecule has 4 aromatic heterocycles. The van der Waals surface area contributed by atoms with Crippen LogP contribution in [0.15, 0.2) is 24.8 Å². The molecule has 4 aliphatic rings. The summed E-state index contributed by atoms with van der Waals surface area (Å²) in [6.45, 7) is 5.65. The summed E-state index contributed by atoms with van der Waals surface area (Å²) in [4.78, 5) is 36.5. The van der Waals surface area contributed by atoms with E-state index in [-0.39, 0.29) is 12.1 Å². The van der Waals surface area contributed by atoms with Crippen molar-refractivity contribution in [2.45, 2.75) is 127 Å². The van der Waals surface area contributed by atoms with Crippen LogP contribution in [0.2, 0.25) is 5.15 Å². The van der Waals surface area contributed by atoms with Crippen LogP contribution in [0.1, 0.15) is 107 Å². The fourth-order valence-electron chi connectivity index (χ4n) is 6.49. The van der Waals surface area contributed by atoms with Crippen molar-refractivity contribution in [3.05, 3.63) is 39.7 Å². The normalized spacial score (nSPS) is 23.7. The van der Waals surface area contributed by atoms with Crippen molar-refractivity contribution >= 4 is 66.6 Å². The Morgan fingerprint density at radius 3 is 2.02 bits per heavy atom. The van der Waals surface area contributed by atoms with Crippen molar-refractivity contribution in [2.24, 2.45) is 5.73 Å². The van der Waals surface area contributed by atoms with Crippen LogP contribution in [0.3, 0.4) is 0 Å². The molecular weight excluding hydrogens is 664 g/mol. The molecule has 4 saturated carbocycles. The number of rotatable bonds is 6. The van der Waals surface area contributed by atoms with Gasteiger partial charge in [-0.2, -0.15) is 0 Å². The van der Waals surface area contributed by atoms with E-state index in [4.69, 9.17) is 22.1 Å². The first-order valence-corrected chi connectivity index (χ1v) is 19.3. The lowest BCUT2D eigenvalue weighted by molar-refractivity contribution is 0.0505. The number of alkyl carbamates (subject to hydrolysis) is 1. The second-order valence-corrected chi connectivity index (χ2v) is 17.1. The van der Waals surface area contributed by atoms with Crippen molar-refractivity contribution in [3.8, 4) is 0 Å². The number of amides is 1. The second-order valence-electron chi connectivity index (χ2n) is 14.6. The van der Waals surface area contributed by atoms with E-state index in [1.807, 2.05) is 27.8 Å². The Morgan fingerprint density at radius 2 is 1.48 bits per heavy atom. The summed E-state index contributed by atoms with van der Waals surface area (Å²) in [5.41, 5.74) is 5.19. The molecule has 0 spiro atoms. The predicted octanol–water partition coefficient (Wildman–Crippen LogP) is 7.76. The number of aromatic nitrogens is 4. The number of fused-ring (bicyclic) bond motifs is 2. The number of carbonyl (C=O) groups excluding carboxylic acids is 1. The third-order valence-corrected chi connectivity index (χ3v) is 12.2. The highest BCUT2D eigenvalue weighted by molar-refractivity contribution is 7.19. The fourth-order valence-corrected chi connectivity index (χ4v) is 9.07. The Balaban J connectivity index is 0.000000156. The van der Waals surface area contributed by atoms with Gasteiger partial charge in [0.1, 0.15) is 38.9 Å². The first kappa shape index (κ1) is 35.2. The molecule has 4 aromatic rings. The maximum absolute atomic E-state index is 12.0. The molecule has 0 saturated heterocycles. The number of nitrogens with zero attached hydrogens (tertiary/aromatic N) is 5. The van der Waals surface area contributed by atoms with Crippen LogP contribution in [0.4, 0.5) is 10.6 Å². The Hall–Kier alpha value is -2.64. The summed E-state index contributed by atoms with van der Waals surface area (Å²) < 4.78 is 5.39. The lowest BCUT2D eigenvalue weighted by Crippen LogP contribution is -2.39. The molecule has 48 heavy (non-hydrogen) atoms. The minimum absolute atomic E-state index is 0.147. The van der Waals surface area contributed by atoms with Crippen LogP contribution < -0.4 is 21.3 Å². The van der Waals surface area contributed by atoms with E-state index in [0.29, 0.717) is 23.3 Å². The topological polar surface area (TPSA) is 131 Å². The standard InChI is InChI=1S/C20H28N4O2S.C9H7ClN2S.C6H14N2/c1-20(2,3)26-19(25)23-13-7-8-14(9-13)24(4)17-15-10-16(12-5-6-12)27-18(15)22-11-21-17;10-8-6-3-7(5-1-2-5)13-9(6)12-4-11-8;1-8-6-3-2-5(7)4-6/h10-14H,5-9H2,1-4H3,(H,23,25);3-5H,1-2H2;5-6,8H,2-4,7H2,1H3/t13-,14+;;5-,6+/m0.0/s1. The number of halogens is 1. The van der Waals surface area contributed by atoms with Gasteiger partial charge in [0.15, 0.2) is 0 Å². The summed E-state index contributed by atoms with van der Waals surface area (Å²) >= 11 is 9.50. The van der Waals surface area contributed by atoms with Gasteiger partial charge in [-0.25, -0.2) is 24.7 Å². The second kappa shape index (κ2) is 15.1. The van der Waals surface area contributed by atoms with Gasteiger partial charge in [-0.1, -0.05) is 11.6 Å². The zero-order valence-electron chi connectivity index (χ0n) is 28.7. The Morgan fingerprint density at radius 1 is 0.875 bits per heavy atom. The highest BCUT2D eigenvalue weighted by Gasteiger charge is 2.32. The molecule has 0 aliphatic heterocycles. The Kier molecular flexibility index (Phi) is 11.1. The van der Waals surface area contributed by atoms with Gasteiger partial charge in [0, 0.05) is 46.4 Å². The summed E-state index contributed by atoms with van der Waals surface area (Å²) in [6, 6.07) is 6.09. The van der Waals surface area contributed by atoms with Gasteiger partial charge >= 0.3 is 6.09 Å².